The van der Waals surface area contributed by atoms with Crippen LogP contribution in [-0.4, -0.2) is 19.5 Å². The van der Waals surface area contributed by atoms with Crippen LogP contribution in [-0.2, 0) is 4.74 Å². The SMILES string of the molecule is C=CC(=C)/C=C1\C(=C)c2cc(C(=O)COC)ccc21. The van der Waals surface area contributed by atoms with Gasteiger partial charge in [0.1, 0.15) is 6.61 Å². The molecule has 0 heterocycles. The highest BCUT2D eigenvalue weighted by molar-refractivity contribution is 6.17. The van der Waals surface area contributed by atoms with Crippen molar-refractivity contribution in [3.63, 3.8) is 0 Å². The number of methoxy groups -OCH3 is 1. The van der Waals surface area contributed by atoms with Crippen molar-refractivity contribution >= 4 is 16.9 Å². The zero-order valence-corrected chi connectivity index (χ0v) is 11.0. The highest BCUT2D eigenvalue weighted by Crippen LogP contribution is 2.44. The number of carbonyl (C=O) groups is 1. The van der Waals surface area contributed by atoms with Crippen molar-refractivity contribution in [2.24, 2.45) is 0 Å². The van der Waals surface area contributed by atoms with Gasteiger partial charge in [0.25, 0.3) is 0 Å². The molecule has 0 N–H and O–H groups in total. The Morgan fingerprint density at radius 2 is 2.11 bits per heavy atom. The summed E-state index contributed by atoms with van der Waals surface area (Å²) in [6.07, 6.45) is 3.66. The van der Waals surface area contributed by atoms with E-state index in [1.165, 1.54) is 7.11 Å². The first-order chi connectivity index (χ1) is 9.08. The molecule has 0 bridgehead atoms. The molecule has 1 aromatic rings. The molecule has 2 rings (SSSR count). The smallest absolute Gasteiger partial charge is 0.188 e. The van der Waals surface area contributed by atoms with Crippen molar-refractivity contribution in [2.45, 2.75) is 0 Å². The van der Waals surface area contributed by atoms with Crippen LogP contribution in [0.5, 0.6) is 0 Å². The molecule has 1 aliphatic rings. The van der Waals surface area contributed by atoms with Gasteiger partial charge in [0.2, 0.25) is 0 Å². The first-order valence-corrected chi connectivity index (χ1v) is 5.97. The van der Waals surface area contributed by atoms with Crippen LogP contribution in [0.3, 0.4) is 0 Å². The fraction of sp³-hybridized carbons (Fsp3) is 0.118. The van der Waals surface area contributed by atoms with Crippen LogP contribution in [0, 0.1) is 0 Å². The lowest BCUT2D eigenvalue weighted by molar-refractivity contribution is 0.0848. The van der Waals surface area contributed by atoms with E-state index < -0.39 is 0 Å². The Morgan fingerprint density at radius 3 is 2.74 bits per heavy atom. The Bertz CT molecular complexity index is 618. The second-order valence-corrected chi connectivity index (χ2v) is 4.43. The number of fused-ring (bicyclic) bond motifs is 1. The third kappa shape index (κ3) is 2.35. The molecule has 1 aromatic carbocycles. The van der Waals surface area contributed by atoms with Crippen molar-refractivity contribution in [3.8, 4) is 0 Å². The highest BCUT2D eigenvalue weighted by Gasteiger charge is 2.25. The number of hydrogen-bond donors (Lipinski definition) is 0. The largest absolute Gasteiger partial charge is 0.377 e. The predicted molar refractivity (Wildman–Crippen MR) is 79.0 cm³/mol. The van der Waals surface area contributed by atoms with Crippen molar-refractivity contribution in [3.05, 3.63) is 72.4 Å². The molecule has 2 heteroatoms. The van der Waals surface area contributed by atoms with E-state index in [0.717, 1.165) is 27.8 Å². The molecule has 0 aliphatic heterocycles. The lowest BCUT2D eigenvalue weighted by Crippen LogP contribution is -2.11. The number of benzene rings is 1. The maximum absolute atomic E-state index is 11.7. The summed E-state index contributed by atoms with van der Waals surface area (Å²) in [6, 6.07) is 5.62. The fourth-order valence-electron chi connectivity index (χ4n) is 2.07. The molecule has 0 saturated carbocycles. The van der Waals surface area contributed by atoms with Crippen LogP contribution in [0.2, 0.25) is 0 Å². The molecule has 0 atom stereocenters. The van der Waals surface area contributed by atoms with Gasteiger partial charge >= 0.3 is 0 Å². The van der Waals surface area contributed by atoms with Crippen LogP contribution < -0.4 is 0 Å². The van der Waals surface area contributed by atoms with E-state index in [2.05, 4.69) is 19.7 Å². The minimum absolute atomic E-state index is 0.0222. The van der Waals surface area contributed by atoms with Crippen LogP contribution in [0.15, 0.2) is 55.7 Å². The molecule has 19 heavy (non-hydrogen) atoms. The van der Waals surface area contributed by atoms with Crippen molar-refractivity contribution < 1.29 is 9.53 Å². The molecule has 0 radical (unpaired) electrons. The topological polar surface area (TPSA) is 26.3 Å². The zero-order valence-electron chi connectivity index (χ0n) is 11.0. The molecular formula is C17H16O2. The monoisotopic (exact) mass is 252 g/mol. The molecule has 0 spiro atoms. The summed E-state index contributed by atoms with van der Waals surface area (Å²) < 4.78 is 4.86. The molecule has 0 aromatic heterocycles. The number of rotatable bonds is 5. The van der Waals surface area contributed by atoms with Gasteiger partial charge in [-0.1, -0.05) is 37.9 Å². The summed E-state index contributed by atoms with van der Waals surface area (Å²) in [5.41, 5.74) is 5.62. The number of ether oxygens (including phenoxy) is 1. The van der Waals surface area contributed by atoms with Gasteiger partial charge in [0, 0.05) is 12.7 Å². The van der Waals surface area contributed by atoms with E-state index in [1.54, 1.807) is 6.08 Å². The Kier molecular flexibility index (Phi) is 3.63. The van der Waals surface area contributed by atoms with Gasteiger partial charge in [0.05, 0.1) is 0 Å². The maximum atomic E-state index is 11.7. The van der Waals surface area contributed by atoms with E-state index in [1.807, 2.05) is 24.3 Å². The number of ketones is 1. The van der Waals surface area contributed by atoms with E-state index >= 15 is 0 Å². The average Bonchev–Trinajstić information content (AvgIpc) is 2.43. The van der Waals surface area contributed by atoms with Gasteiger partial charge in [-0.3, -0.25) is 4.79 Å². The number of carbonyl (C=O) groups excluding carboxylic acids is 1. The van der Waals surface area contributed by atoms with Gasteiger partial charge in [-0.15, -0.1) is 0 Å². The summed E-state index contributed by atoms with van der Waals surface area (Å²) in [4.78, 5) is 11.7. The predicted octanol–water partition coefficient (Wildman–Crippen LogP) is 3.67. The van der Waals surface area contributed by atoms with E-state index in [0.29, 0.717) is 5.56 Å². The molecular weight excluding hydrogens is 236 g/mol. The van der Waals surface area contributed by atoms with E-state index in [-0.39, 0.29) is 12.4 Å². The Labute approximate surface area is 113 Å². The van der Waals surface area contributed by atoms with Crippen molar-refractivity contribution in [2.75, 3.05) is 13.7 Å². The summed E-state index contributed by atoms with van der Waals surface area (Å²) in [7, 11) is 1.51. The first kappa shape index (κ1) is 13.2. The minimum Gasteiger partial charge on any atom is -0.377 e. The van der Waals surface area contributed by atoms with E-state index in [9.17, 15) is 4.79 Å². The molecule has 0 saturated heterocycles. The second kappa shape index (κ2) is 5.21. The number of hydrogen-bond acceptors (Lipinski definition) is 2. The van der Waals surface area contributed by atoms with Crippen LogP contribution >= 0.6 is 0 Å². The highest BCUT2D eigenvalue weighted by atomic mass is 16.5. The van der Waals surface area contributed by atoms with Crippen LogP contribution in [0.1, 0.15) is 21.5 Å². The number of allylic oxidation sites excluding steroid dienone is 5. The Morgan fingerprint density at radius 1 is 1.37 bits per heavy atom. The quantitative estimate of drug-likeness (QED) is 0.590. The summed E-state index contributed by atoms with van der Waals surface area (Å²) in [6.45, 7) is 11.7. The second-order valence-electron chi connectivity index (χ2n) is 4.43. The third-order valence-electron chi connectivity index (χ3n) is 3.15. The van der Waals surface area contributed by atoms with Crippen LogP contribution in [0.4, 0.5) is 0 Å². The van der Waals surface area contributed by atoms with Gasteiger partial charge in [0.15, 0.2) is 5.78 Å². The summed E-state index contributed by atoms with van der Waals surface area (Å²) in [5, 5.41) is 0. The molecule has 2 nitrogen and oxygen atoms in total. The average molecular weight is 252 g/mol. The minimum atomic E-state index is -0.0222. The molecule has 1 aliphatic carbocycles. The van der Waals surface area contributed by atoms with Crippen LogP contribution in [0.25, 0.3) is 11.1 Å². The molecule has 0 fully saturated rings. The lowest BCUT2D eigenvalue weighted by Gasteiger charge is -2.26. The third-order valence-corrected chi connectivity index (χ3v) is 3.15. The molecule has 96 valence electrons. The zero-order chi connectivity index (χ0) is 14.0. The maximum Gasteiger partial charge on any atom is 0.188 e. The number of Topliss-reactive ketones (excluding diaryl/α,β-unsaturated/α-hetero) is 1. The Hall–Kier alpha value is -2.19. The molecule has 0 unspecified atom stereocenters. The van der Waals surface area contributed by atoms with Gasteiger partial charge in [-0.2, -0.15) is 0 Å². The van der Waals surface area contributed by atoms with Crippen molar-refractivity contribution in [1.29, 1.82) is 0 Å². The molecule has 0 amide bonds. The van der Waals surface area contributed by atoms with Gasteiger partial charge in [-0.05, 0) is 40.0 Å². The first-order valence-electron chi connectivity index (χ1n) is 5.97. The standard InChI is InChI=1S/C17H16O2/c1-5-11(2)8-15-12(3)16-9-13(6-7-14(15)16)17(18)10-19-4/h5-9H,1-3,10H2,4H3/b15-8+. The van der Waals surface area contributed by atoms with Crippen molar-refractivity contribution in [1.82, 2.24) is 0 Å². The van der Waals surface area contributed by atoms with Gasteiger partial charge in [-0.25, -0.2) is 0 Å². The van der Waals surface area contributed by atoms with E-state index in [4.69, 9.17) is 4.74 Å². The lowest BCUT2D eigenvalue weighted by atomic mass is 9.77. The normalized spacial score (nSPS) is 14.8. The summed E-state index contributed by atoms with van der Waals surface area (Å²) >= 11 is 0. The summed E-state index contributed by atoms with van der Waals surface area (Å²) in [5.74, 6) is -0.0222. The fourth-order valence-corrected chi connectivity index (χ4v) is 2.07. The Balaban J connectivity index is 2.34. The van der Waals surface area contributed by atoms with Gasteiger partial charge < -0.3 is 4.74 Å².